The van der Waals surface area contributed by atoms with Crippen LogP contribution in [-0.4, -0.2) is 35.1 Å². The number of carbonyl (C=O) groups is 2. The third kappa shape index (κ3) is 6.34. The molecule has 1 aromatic carbocycles. The van der Waals surface area contributed by atoms with Crippen LogP contribution >= 0.6 is 11.6 Å². The molecule has 26 heavy (non-hydrogen) atoms. The maximum absolute atomic E-state index is 11.8. The van der Waals surface area contributed by atoms with Crippen molar-refractivity contribution in [2.24, 2.45) is 0 Å². The molecule has 138 valence electrons. The monoisotopic (exact) mass is 376 g/mol. The van der Waals surface area contributed by atoms with Gasteiger partial charge in [-0.05, 0) is 30.2 Å². The molecule has 2 aromatic rings. The summed E-state index contributed by atoms with van der Waals surface area (Å²) < 4.78 is 5.08. The number of aryl methyl sites for hydroxylation is 1. The van der Waals surface area contributed by atoms with Crippen LogP contribution in [-0.2, 0) is 16.1 Å². The molecular weight excluding hydrogens is 356 g/mol. The molecular formula is C18H21ClN4O3. The fourth-order valence-electron chi connectivity index (χ4n) is 2.08. The highest BCUT2D eigenvalue weighted by molar-refractivity contribution is 6.31. The number of benzene rings is 1. The molecule has 0 atom stereocenters. The number of hydrogen-bond donors (Lipinski definition) is 2. The van der Waals surface area contributed by atoms with Crippen LogP contribution in [0.3, 0.4) is 0 Å². The lowest BCUT2D eigenvalue weighted by Crippen LogP contribution is -2.43. The van der Waals surface area contributed by atoms with E-state index in [4.69, 9.17) is 16.3 Å². The summed E-state index contributed by atoms with van der Waals surface area (Å²) in [4.78, 5) is 27.5. The summed E-state index contributed by atoms with van der Waals surface area (Å²) in [5.41, 5.74) is 4.84. The van der Waals surface area contributed by atoms with Crippen LogP contribution in [0.15, 0.2) is 42.6 Å². The average Bonchev–Trinajstić information content (AvgIpc) is 2.61. The minimum atomic E-state index is -0.629. The Hall–Kier alpha value is -2.64. The van der Waals surface area contributed by atoms with Gasteiger partial charge >= 0.3 is 6.09 Å². The van der Waals surface area contributed by atoms with E-state index in [2.05, 4.69) is 15.7 Å². The van der Waals surface area contributed by atoms with Crippen LogP contribution in [0, 0.1) is 6.92 Å². The van der Waals surface area contributed by atoms with Gasteiger partial charge in [0.2, 0.25) is 5.91 Å². The first kappa shape index (κ1) is 19.7. The number of aromatic nitrogens is 1. The molecule has 1 aromatic heterocycles. The summed E-state index contributed by atoms with van der Waals surface area (Å²) in [6.45, 7) is 3.96. The minimum absolute atomic E-state index is 0.0345. The zero-order valence-electron chi connectivity index (χ0n) is 14.7. The summed E-state index contributed by atoms with van der Waals surface area (Å²) in [5.74, 6) is 0.210. The molecule has 0 bridgehead atoms. The van der Waals surface area contributed by atoms with Gasteiger partial charge in [0.05, 0.1) is 6.54 Å². The summed E-state index contributed by atoms with van der Waals surface area (Å²) in [6, 6.07) is 10.9. The van der Waals surface area contributed by atoms with E-state index in [1.807, 2.05) is 31.2 Å². The van der Waals surface area contributed by atoms with Crippen molar-refractivity contribution in [3.05, 3.63) is 58.7 Å². The number of amides is 2. The highest BCUT2D eigenvalue weighted by Gasteiger charge is 2.11. The number of nitrogens with one attached hydrogen (secondary N) is 2. The summed E-state index contributed by atoms with van der Waals surface area (Å²) in [5, 5.41) is 4.52. The third-order valence-corrected chi connectivity index (χ3v) is 3.86. The summed E-state index contributed by atoms with van der Waals surface area (Å²) >= 11 is 6.09. The fourth-order valence-corrected chi connectivity index (χ4v) is 2.28. The molecule has 0 aliphatic rings. The maximum atomic E-state index is 11.8. The molecule has 0 aliphatic heterocycles. The Kier molecular flexibility index (Phi) is 7.37. The second-order valence-corrected chi connectivity index (χ2v) is 5.99. The topological polar surface area (TPSA) is 83.6 Å². The number of anilines is 1. The van der Waals surface area contributed by atoms with Crippen molar-refractivity contribution in [1.29, 1.82) is 0 Å². The van der Waals surface area contributed by atoms with Gasteiger partial charge in [-0.1, -0.05) is 35.9 Å². The normalized spacial score (nSPS) is 10.3. The quantitative estimate of drug-likeness (QED) is 0.725. The van der Waals surface area contributed by atoms with Gasteiger partial charge in [-0.3, -0.25) is 15.1 Å². The summed E-state index contributed by atoms with van der Waals surface area (Å²) in [7, 11) is 0. The molecule has 0 radical (unpaired) electrons. The molecule has 0 unspecified atom stereocenters. The highest BCUT2D eigenvalue weighted by Crippen LogP contribution is 2.14. The predicted molar refractivity (Wildman–Crippen MR) is 99.6 cm³/mol. The first-order valence-electron chi connectivity index (χ1n) is 8.07. The molecule has 8 heteroatoms. The Bertz CT molecular complexity index is 752. The molecule has 0 saturated heterocycles. The van der Waals surface area contributed by atoms with Crippen LogP contribution in [0.2, 0.25) is 5.02 Å². The smallest absolute Gasteiger partial charge is 0.412 e. The van der Waals surface area contributed by atoms with Gasteiger partial charge in [-0.25, -0.2) is 15.2 Å². The second kappa shape index (κ2) is 9.74. The predicted octanol–water partition coefficient (Wildman–Crippen LogP) is 3.15. The second-order valence-electron chi connectivity index (χ2n) is 5.58. The summed E-state index contributed by atoms with van der Waals surface area (Å²) in [6.07, 6.45) is 1.02. The largest absolute Gasteiger partial charge is 0.447 e. The first-order valence-corrected chi connectivity index (χ1v) is 8.45. The van der Waals surface area contributed by atoms with Crippen LogP contribution < -0.4 is 10.7 Å². The number of pyridine rings is 1. The van der Waals surface area contributed by atoms with E-state index >= 15 is 0 Å². The van der Waals surface area contributed by atoms with Gasteiger partial charge in [0.15, 0.2) is 0 Å². The third-order valence-electron chi connectivity index (χ3n) is 3.49. The van der Waals surface area contributed by atoms with E-state index in [9.17, 15) is 9.59 Å². The van der Waals surface area contributed by atoms with Crippen molar-refractivity contribution in [3.8, 4) is 0 Å². The van der Waals surface area contributed by atoms with E-state index in [0.29, 0.717) is 17.4 Å². The van der Waals surface area contributed by atoms with Gasteiger partial charge in [-0.2, -0.15) is 0 Å². The molecule has 1 heterocycles. The van der Waals surface area contributed by atoms with Crippen molar-refractivity contribution < 1.29 is 14.3 Å². The standard InChI is InChI=1S/C18H21ClN4O3/c1-13-7-8-17(20-11-13)22-18(25)26-10-9-23(14(2)24)21-12-15-5-3-4-6-16(15)19/h3-8,11,21H,9-10,12H2,1-2H3,(H,20,22,25). The number of hydrazine groups is 1. The minimum Gasteiger partial charge on any atom is -0.447 e. The number of rotatable bonds is 7. The molecule has 2 rings (SSSR count). The van der Waals surface area contributed by atoms with Gasteiger partial charge in [0.25, 0.3) is 0 Å². The van der Waals surface area contributed by atoms with Crippen LogP contribution in [0.25, 0.3) is 0 Å². The van der Waals surface area contributed by atoms with E-state index in [1.165, 1.54) is 11.9 Å². The van der Waals surface area contributed by atoms with Crippen LogP contribution in [0.1, 0.15) is 18.1 Å². The van der Waals surface area contributed by atoms with Crippen LogP contribution in [0.5, 0.6) is 0 Å². The van der Waals surface area contributed by atoms with Gasteiger partial charge in [0.1, 0.15) is 12.4 Å². The molecule has 0 saturated carbocycles. The molecule has 0 aliphatic carbocycles. The lowest BCUT2D eigenvalue weighted by molar-refractivity contribution is -0.132. The van der Waals surface area contributed by atoms with E-state index in [1.54, 1.807) is 18.3 Å². The van der Waals surface area contributed by atoms with Gasteiger partial charge in [0, 0.05) is 24.7 Å². The first-order chi connectivity index (χ1) is 12.5. The number of ether oxygens (including phenoxy) is 1. The SMILES string of the molecule is CC(=O)N(CCOC(=O)Nc1ccc(C)cn1)NCc1ccccc1Cl. The van der Waals surface area contributed by atoms with E-state index in [-0.39, 0.29) is 19.1 Å². The maximum Gasteiger partial charge on any atom is 0.412 e. The van der Waals surface area contributed by atoms with Crippen molar-refractivity contribution in [1.82, 2.24) is 15.4 Å². The fraction of sp³-hybridized carbons (Fsp3) is 0.278. The molecule has 7 nitrogen and oxygen atoms in total. The van der Waals surface area contributed by atoms with Gasteiger partial charge < -0.3 is 4.74 Å². The van der Waals surface area contributed by atoms with Crippen molar-refractivity contribution in [2.45, 2.75) is 20.4 Å². The lowest BCUT2D eigenvalue weighted by Gasteiger charge is -2.22. The number of halogens is 1. The Morgan fingerprint density at radius 3 is 2.65 bits per heavy atom. The van der Waals surface area contributed by atoms with Gasteiger partial charge in [-0.15, -0.1) is 0 Å². The molecule has 0 fully saturated rings. The van der Waals surface area contributed by atoms with E-state index in [0.717, 1.165) is 11.1 Å². The van der Waals surface area contributed by atoms with Crippen LogP contribution in [0.4, 0.5) is 10.6 Å². The molecule has 2 amide bonds. The van der Waals surface area contributed by atoms with Crippen molar-refractivity contribution in [3.63, 3.8) is 0 Å². The van der Waals surface area contributed by atoms with Crippen molar-refractivity contribution >= 4 is 29.4 Å². The Morgan fingerprint density at radius 2 is 2.00 bits per heavy atom. The Labute approximate surface area is 157 Å². The zero-order chi connectivity index (χ0) is 18.9. The van der Waals surface area contributed by atoms with Crippen molar-refractivity contribution in [2.75, 3.05) is 18.5 Å². The van der Waals surface area contributed by atoms with E-state index < -0.39 is 6.09 Å². The Morgan fingerprint density at radius 1 is 1.23 bits per heavy atom. The lowest BCUT2D eigenvalue weighted by atomic mass is 10.2. The molecule has 0 spiro atoms. The Balaban J connectivity index is 1.77. The highest BCUT2D eigenvalue weighted by atomic mass is 35.5. The number of carbonyl (C=O) groups excluding carboxylic acids is 2. The average molecular weight is 377 g/mol. The zero-order valence-corrected chi connectivity index (χ0v) is 15.4. The number of nitrogens with zero attached hydrogens (tertiary/aromatic N) is 2. The molecule has 2 N–H and O–H groups in total. The number of hydrogen-bond acceptors (Lipinski definition) is 5.